The lowest BCUT2D eigenvalue weighted by Crippen LogP contribution is -2.41. The molecule has 0 spiro atoms. The Morgan fingerprint density at radius 1 is 1.29 bits per heavy atom. The van der Waals surface area contributed by atoms with Gasteiger partial charge in [-0.1, -0.05) is 13.8 Å². The summed E-state index contributed by atoms with van der Waals surface area (Å²) in [5, 5.41) is 2.41. The van der Waals surface area contributed by atoms with Crippen LogP contribution in [0.4, 0.5) is 14.5 Å². The molecule has 0 atom stereocenters. The third kappa shape index (κ3) is 4.04. The number of benzene rings is 1. The van der Waals surface area contributed by atoms with Crippen LogP contribution in [0.5, 0.6) is 5.75 Å². The zero-order valence-corrected chi connectivity index (χ0v) is 13.2. The van der Waals surface area contributed by atoms with Crippen LogP contribution in [-0.2, 0) is 4.79 Å². The lowest BCUT2D eigenvalue weighted by atomic mass is 9.81. The van der Waals surface area contributed by atoms with Crippen molar-refractivity contribution in [3.63, 3.8) is 0 Å². The maximum atomic E-state index is 13.8. The topological polar surface area (TPSA) is 64.4 Å². The number of carbonyl (C=O) groups is 1. The van der Waals surface area contributed by atoms with Gasteiger partial charge in [-0.15, -0.1) is 12.4 Å². The van der Waals surface area contributed by atoms with Crippen LogP contribution in [0.15, 0.2) is 12.1 Å². The maximum absolute atomic E-state index is 13.8. The zero-order valence-electron chi connectivity index (χ0n) is 12.3. The lowest BCUT2D eigenvalue weighted by Gasteiger charge is -2.28. The largest absolute Gasteiger partial charge is 0.494 e. The van der Waals surface area contributed by atoms with Crippen LogP contribution in [-0.4, -0.2) is 19.6 Å². The summed E-state index contributed by atoms with van der Waals surface area (Å²) in [6, 6.07) is 1.80. The van der Waals surface area contributed by atoms with Gasteiger partial charge in [-0.25, -0.2) is 8.78 Å². The summed E-state index contributed by atoms with van der Waals surface area (Å²) in [5.74, 6) is -2.12. The van der Waals surface area contributed by atoms with Crippen LogP contribution in [0.2, 0.25) is 0 Å². The molecule has 0 heterocycles. The molecule has 0 unspecified atom stereocenters. The molecule has 0 aliphatic carbocycles. The van der Waals surface area contributed by atoms with Crippen molar-refractivity contribution in [3.8, 4) is 5.75 Å². The minimum atomic E-state index is -0.775. The fourth-order valence-corrected chi connectivity index (χ4v) is 1.99. The van der Waals surface area contributed by atoms with E-state index in [0.717, 1.165) is 12.1 Å². The van der Waals surface area contributed by atoms with Crippen LogP contribution >= 0.6 is 12.4 Å². The van der Waals surface area contributed by atoms with Crippen molar-refractivity contribution in [2.75, 3.05) is 19.0 Å². The highest BCUT2D eigenvalue weighted by Gasteiger charge is 2.33. The van der Waals surface area contributed by atoms with Crippen LogP contribution in [0.3, 0.4) is 0 Å². The summed E-state index contributed by atoms with van der Waals surface area (Å²) in [5.41, 5.74) is 4.66. The Morgan fingerprint density at radius 2 is 1.86 bits per heavy atom. The molecular formula is C14H21ClF2N2O2. The van der Waals surface area contributed by atoms with Crippen molar-refractivity contribution in [2.45, 2.75) is 26.7 Å². The molecular weight excluding hydrogens is 302 g/mol. The second kappa shape index (κ2) is 8.14. The van der Waals surface area contributed by atoms with Crippen molar-refractivity contribution < 1.29 is 18.3 Å². The molecule has 1 aromatic rings. The summed E-state index contributed by atoms with van der Waals surface area (Å²) < 4.78 is 32.0. The normalized spacial score (nSPS) is 10.8. The number of ether oxygens (including phenoxy) is 1. The Balaban J connectivity index is 0.00000400. The highest BCUT2D eigenvalue weighted by molar-refractivity contribution is 5.95. The maximum Gasteiger partial charge on any atom is 0.231 e. The Kier molecular flexibility index (Phi) is 7.60. The molecule has 0 bridgehead atoms. The van der Waals surface area contributed by atoms with Gasteiger partial charge < -0.3 is 15.8 Å². The number of hydrogen-bond acceptors (Lipinski definition) is 3. The Labute approximate surface area is 129 Å². The van der Waals surface area contributed by atoms with Crippen molar-refractivity contribution in [1.29, 1.82) is 0 Å². The van der Waals surface area contributed by atoms with Crippen LogP contribution in [0, 0.1) is 17.0 Å². The van der Waals surface area contributed by atoms with Crippen LogP contribution in [0.25, 0.3) is 0 Å². The van der Waals surface area contributed by atoms with Crippen LogP contribution < -0.4 is 15.8 Å². The van der Waals surface area contributed by atoms with Crippen molar-refractivity contribution >= 4 is 24.0 Å². The highest BCUT2D eigenvalue weighted by Crippen LogP contribution is 2.29. The van der Waals surface area contributed by atoms with E-state index in [4.69, 9.17) is 5.73 Å². The van der Waals surface area contributed by atoms with Gasteiger partial charge in [0.2, 0.25) is 5.91 Å². The minimum absolute atomic E-state index is 0. The van der Waals surface area contributed by atoms with Gasteiger partial charge in [0.15, 0.2) is 17.4 Å². The van der Waals surface area contributed by atoms with Crippen molar-refractivity contribution in [2.24, 2.45) is 11.1 Å². The number of nitrogens with one attached hydrogen (secondary N) is 1. The van der Waals surface area contributed by atoms with Crippen LogP contribution in [0.1, 0.15) is 26.7 Å². The smallest absolute Gasteiger partial charge is 0.231 e. The zero-order chi connectivity index (χ0) is 15.3. The molecule has 120 valence electrons. The summed E-state index contributed by atoms with van der Waals surface area (Å²) in [4.78, 5) is 12.2. The fraction of sp³-hybridized carbons (Fsp3) is 0.500. The summed E-state index contributed by atoms with van der Waals surface area (Å²) in [6.07, 6.45) is 1.04. The molecule has 0 aliphatic heterocycles. The molecule has 1 aromatic carbocycles. The number of rotatable bonds is 6. The van der Waals surface area contributed by atoms with Gasteiger partial charge in [-0.3, -0.25) is 4.79 Å². The van der Waals surface area contributed by atoms with E-state index in [-0.39, 0.29) is 30.4 Å². The SMILES string of the molecule is CCC(CC)(CN)C(=O)Nc1cc(F)c(OC)cc1F.Cl. The predicted octanol–water partition coefficient (Wildman–Crippen LogP) is 3.10. The minimum Gasteiger partial charge on any atom is -0.494 e. The van der Waals surface area contributed by atoms with Gasteiger partial charge in [-0.2, -0.15) is 0 Å². The third-order valence-corrected chi connectivity index (χ3v) is 3.72. The molecule has 21 heavy (non-hydrogen) atoms. The second-order valence-corrected chi connectivity index (χ2v) is 4.61. The van der Waals surface area contributed by atoms with E-state index in [0.29, 0.717) is 12.8 Å². The number of hydrogen-bond donors (Lipinski definition) is 2. The first-order valence-electron chi connectivity index (χ1n) is 6.48. The summed E-state index contributed by atoms with van der Waals surface area (Å²) in [7, 11) is 1.24. The highest BCUT2D eigenvalue weighted by atomic mass is 35.5. The number of halogens is 3. The third-order valence-electron chi connectivity index (χ3n) is 3.72. The van der Waals surface area contributed by atoms with E-state index >= 15 is 0 Å². The number of carbonyl (C=O) groups excluding carboxylic acids is 1. The van der Waals surface area contributed by atoms with E-state index in [1.165, 1.54) is 7.11 Å². The van der Waals surface area contributed by atoms with E-state index in [2.05, 4.69) is 10.1 Å². The van der Waals surface area contributed by atoms with Gasteiger partial charge in [0.25, 0.3) is 0 Å². The van der Waals surface area contributed by atoms with Gasteiger partial charge in [-0.05, 0) is 12.8 Å². The van der Waals surface area contributed by atoms with Gasteiger partial charge in [0, 0.05) is 18.7 Å². The van der Waals surface area contributed by atoms with E-state index in [1.54, 1.807) is 0 Å². The molecule has 0 aliphatic rings. The number of amides is 1. The molecule has 0 saturated carbocycles. The summed E-state index contributed by atoms with van der Waals surface area (Å²) in [6.45, 7) is 3.81. The van der Waals surface area contributed by atoms with Crippen molar-refractivity contribution in [1.82, 2.24) is 0 Å². The fourth-order valence-electron chi connectivity index (χ4n) is 1.99. The lowest BCUT2D eigenvalue weighted by molar-refractivity contribution is -0.125. The predicted molar refractivity (Wildman–Crippen MR) is 80.9 cm³/mol. The molecule has 3 N–H and O–H groups in total. The first-order chi connectivity index (χ1) is 9.43. The monoisotopic (exact) mass is 322 g/mol. The van der Waals surface area contributed by atoms with Gasteiger partial charge >= 0.3 is 0 Å². The average molecular weight is 323 g/mol. The molecule has 0 fully saturated rings. The molecule has 0 saturated heterocycles. The molecule has 1 amide bonds. The number of anilines is 1. The quantitative estimate of drug-likeness (QED) is 0.846. The Hall–Kier alpha value is -1.40. The van der Waals surface area contributed by atoms with Gasteiger partial charge in [0.05, 0.1) is 18.2 Å². The molecule has 7 heteroatoms. The first kappa shape index (κ1) is 19.6. The number of methoxy groups -OCH3 is 1. The molecule has 4 nitrogen and oxygen atoms in total. The second-order valence-electron chi connectivity index (χ2n) is 4.61. The molecule has 0 radical (unpaired) electrons. The Bertz CT molecular complexity index is 486. The molecule has 0 aromatic heterocycles. The molecule has 1 rings (SSSR count). The summed E-state index contributed by atoms with van der Waals surface area (Å²) >= 11 is 0. The van der Waals surface area contributed by atoms with Crippen molar-refractivity contribution in [3.05, 3.63) is 23.8 Å². The van der Waals surface area contributed by atoms with E-state index in [1.807, 2.05) is 13.8 Å². The van der Waals surface area contributed by atoms with E-state index in [9.17, 15) is 13.6 Å². The number of nitrogens with two attached hydrogens (primary N) is 1. The van der Waals surface area contributed by atoms with Gasteiger partial charge in [0.1, 0.15) is 0 Å². The first-order valence-corrected chi connectivity index (χ1v) is 6.48. The van der Waals surface area contributed by atoms with E-state index < -0.39 is 23.0 Å². The Morgan fingerprint density at radius 3 is 2.29 bits per heavy atom. The average Bonchev–Trinajstić information content (AvgIpc) is 2.45. The standard InChI is InChI=1S/C14H20F2N2O2.ClH/c1-4-14(5-2,8-17)13(19)18-11-6-10(16)12(20-3)7-9(11)15;/h6-7H,4-5,8,17H2,1-3H3,(H,18,19);1H.